The number of hydrogen-bond donors (Lipinski definition) is 1. The van der Waals surface area contributed by atoms with E-state index in [1.54, 1.807) is 4.68 Å². The third kappa shape index (κ3) is 3.55. The Morgan fingerprint density at radius 3 is 3.00 bits per heavy atom. The van der Waals surface area contributed by atoms with E-state index in [1.807, 2.05) is 6.20 Å². The van der Waals surface area contributed by atoms with Gasteiger partial charge in [-0.3, -0.25) is 4.68 Å². The van der Waals surface area contributed by atoms with E-state index in [0.717, 1.165) is 18.7 Å². The third-order valence-corrected chi connectivity index (χ3v) is 1.98. The van der Waals surface area contributed by atoms with E-state index in [9.17, 15) is 0 Å². The molecule has 0 aliphatic rings. The summed E-state index contributed by atoms with van der Waals surface area (Å²) in [6, 6.07) is 0. The van der Waals surface area contributed by atoms with Crippen molar-refractivity contribution in [2.24, 2.45) is 5.73 Å². The molecule has 0 saturated heterocycles. The number of nitrogens with two attached hydrogens (primary N) is 1. The molecular formula is C9H18N4. The maximum Gasteiger partial charge on any atom is 0.0827 e. The van der Waals surface area contributed by atoms with Gasteiger partial charge in [0.15, 0.2) is 0 Å². The van der Waals surface area contributed by atoms with E-state index >= 15 is 0 Å². The highest BCUT2D eigenvalue weighted by Gasteiger charge is 1.98. The SMILES string of the molecule is CCCCCc1cn(CCN)nn1. The Hall–Kier alpha value is -0.900. The van der Waals surface area contributed by atoms with Gasteiger partial charge < -0.3 is 5.73 Å². The summed E-state index contributed by atoms with van der Waals surface area (Å²) in [6.07, 6.45) is 6.75. The van der Waals surface area contributed by atoms with Gasteiger partial charge >= 0.3 is 0 Å². The molecule has 13 heavy (non-hydrogen) atoms. The first kappa shape index (κ1) is 10.2. The standard InChI is InChI=1S/C9H18N4/c1-2-3-4-5-9-8-13(7-6-10)12-11-9/h8H,2-7,10H2,1H3. The van der Waals surface area contributed by atoms with Crippen molar-refractivity contribution >= 4 is 0 Å². The second kappa shape index (κ2) is 5.70. The first-order valence-corrected chi connectivity index (χ1v) is 4.96. The summed E-state index contributed by atoms with van der Waals surface area (Å²) in [7, 11) is 0. The zero-order valence-electron chi connectivity index (χ0n) is 8.24. The Bertz CT molecular complexity index is 231. The van der Waals surface area contributed by atoms with Crippen LogP contribution in [0.2, 0.25) is 0 Å². The molecule has 0 saturated carbocycles. The normalized spacial score (nSPS) is 10.6. The van der Waals surface area contributed by atoms with Gasteiger partial charge in [0.1, 0.15) is 0 Å². The Morgan fingerprint density at radius 1 is 1.46 bits per heavy atom. The topological polar surface area (TPSA) is 56.7 Å². The third-order valence-electron chi connectivity index (χ3n) is 1.98. The van der Waals surface area contributed by atoms with Gasteiger partial charge in [0.05, 0.1) is 12.2 Å². The molecule has 1 aromatic heterocycles. The predicted molar refractivity (Wildman–Crippen MR) is 52.3 cm³/mol. The lowest BCUT2D eigenvalue weighted by molar-refractivity contribution is 0.598. The van der Waals surface area contributed by atoms with E-state index in [0.29, 0.717) is 6.54 Å². The molecule has 0 fully saturated rings. The van der Waals surface area contributed by atoms with Gasteiger partial charge in [-0.15, -0.1) is 5.10 Å². The van der Waals surface area contributed by atoms with Crippen LogP contribution in [0.25, 0.3) is 0 Å². The average molecular weight is 182 g/mol. The van der Waals surface area contributed by atoms with Crippen LogP contribution in [-0.2, 0) is 13.0 Å². The van der Waals surface area contributed by atoms with Crippen LogP contribution < -0.4 is 5.73 Å². The molecule has 4 heteroatoms. The molecular weight excluding hydrogens is 164 g/mol. The van der Waals surface area contributed by atoms with Crippen molar-refractivity contribution in [2.75, 3.05) is 6.54 Å². The molecule has 0 atom stereocenters. The summed E-state index contributed by atoms with van der Waals surface area (Å²) in [4.78, 5) is 0. The highest BCUT2D eigenvalue weighted by Crippen LogP contribution is 2.02. The van der Waals surface area contributed by atoms with E-state index in [2.05, 4.69) is 17.2 Å². The highest BCUT2D eigenvalue weighted by atomic mass is 15.4. The minimum absolute atomic E-state index is 0.623. The van der Waals surface area contributed by atoms with Crippen molar-refractivity contribution in [1.82, 2.24) is 15.0 Å². The van der Waals surface area contributed by atoms with Crippen molar-refractivity contribution in [3.8, 4) is 0 Å². The number of rotatable bonds is 6. The van der Waals surface area contributed by atoms with E-state index in [1.165, 1.54) is 19.3 Å². The smallest absolute Gasteiger partial charge is 0.0827 e. The molecule has 0 radical (unpaired) electrons. The van der Waals surface area contributed by atoms with Gasteiger partial charge in [0, 0.05) is 12.7 Å². The van der Waals surface area contributed by atoms with Crippen LogP contribution in [0, 0.1) is 0 Å². The van der Waals surface area contributed by atoms with E-state index in [4.69, 9.17) is 5.73 Å². The van der Waals surface area contributed by atoms with Crippen LogP contribution in [0.15, 0.2) is 6.20 Å². The highest BCUT2D eigenvalue weighted by molar-refractivity contribution is 4.92. The second-order valence-electron chi connectivity index (χ2n) is 3.22. The largest absolute Gasteiger partial charge is 0.329 e. The molecule has 2 N–H and O–H groups in total. The monoisotopic (exact) mass is 182 g/mol. The first-order chi connectivity index (χ1) is 6.36. The van der Waals surface area contributed by atoms with Crippen LogP contribution in [-0.4, -0.2) is 21.5 Å². The van der Waals surface area contributed by atoms with Crippen molar-refractivity contribution in [3.05, 3.63) is 11.9 Å². The van der Waals surface area contributed by atoms with E-state index < -0.39 is 0 Å². The minimum Gasteiger partial charge on any atom is -0.329 e. The Kier molecular flexibility index (Phi) is 4.46. The van der Waals surface area contributed by atoms with Crippen LogP contribution >= 0.6 is 0 Å². The van der Waals surface area contributed by atoms with Gasteiger partial charge in [-0.2, -0.15) is 0 Å². The van der Waals surface area contributed by atoms with Crippen LogP contribution in [0.5, 0.6) is 0 Å². The number of hydrogen-bond acceptors (Lipinski definition) is 3. The second-order valence-corrected chi connectivity index (χ2v) is 3.22. The van der Waals surface area contributed by atoms with Crippen molar-refractivity contribution in [3.63, 3.8) is 0 Å². The fourth-order valence-corrected chi connectivity index (χ4v) is 1.25. The van der Waals surface area contributed by atoms with Crippen molar-refractivity contribution < 1.29 is 0 Å². The van der Waals surface area contributed by atoms with Gasteiger partial charge in [-0.1, -0.05) is 25.0 Å². The molecule has 0 bridgehead atoms. The summed E-state index contributed by atoms with van der Waals surface area (Å²) in [6.45, 7) is 3.59. The summed E-state index contributed by atoms with van der Waals surface area (Å²) in [5.74, 6) is 0. The number of aryl methyl sites for hydroxylation is 1. The van der Waals surface area contributed by atoms with Crippen molar-refractivity contribution in [1.29, 1.82) is 0 Å². The molecule has 1 rings (SSSR count). The molecule has 0 aromatic carbocycles. The number of unbranched alkanes of at least 4 members (excludes halogenated alkanes) is 2. The zero-order chi connectivity index (χ0) is 9.52. The maximum absolute atomic E-state index is 5.40. The quantitative estimate of drug-likeness (QED) is 0.667. The molecule has 4 nitrogen and oxygen atoms in total. The van der Waals surface area contributed by atoms with Crippen LogP contribution in [0.3, 0.4) is 0 Å². The van der Waals surface area contributed by atoms with Crippen molar-refractivity contribution in [2.45, 2.75) is 39.2 Å². The van der Waals surface area contributed by atoms with Crippen LogP contribution in [0.4, 0.5) is 0 Å². The lowest BCUT2D eigenvalue weighted by Gasteiger charge is -1.94. The van der Waals surface area contributed by atoms with Crippen LogP contribution in [0.1, 0.15) is 31.9 Å². The first-order valence-electron chi connectivity index (χ1n) is 4.96. The molecule has 0 amide bonds. The number of nitrogens with zero attached hydrogens (tertiary/aromatic N) is 3. The molecule has 1 aromatic rings. The summed E-state index contributed by atoms with van der Waals surface area (Å²) < 4.78 is 1.81. The molecule has 74 valence electrons. The fraction of sp³-hybridized carbons (Fsp3) is 0.778. The summed E-state index contributed by atoms with van der Waals surface area (Å²) in [5, 5.41) is 8.04. The molecule has 0 unspecified atom stereocenters. The summed E-state index contributed by atoms with van der Waals surface area (Å²) >= 11 is 0. The Labute approximate surface area is 79.1 Å². The Morgan fingerprint density at radius 2 is 2.31 bits per heavy atom. The van der Waals surface area contributed by atoms with Gasteiger partial charge in [-0.05, 0) is 12.8 Å². The molecule has 1 heterocycles. The minimum atomic E-state index is 0.623. The lowest BCUT2D eigenvalue weighted by Crippen LogP contribution is -2.10. The fourth-order valence-electron chi connectivity index (χ4n) is 1.25. The van der Waals surface area contributed by atoms with Gasteiger partial charge in [0.25, 0.3) is 0 Å². The predicted octanol–water partition coefficient (Wildman–Crippen LogP) is 0.970. The molecule has 0 aliphatic carbocycles. The Balaban J connectivity index is 2.31. The molecule has 0 aliphatic heterocycles. The van der Waals surface area contributed by atoms with Gasteiger partial charge in [0.2, 0.25) is 0 Å². The maximum atomic E-state index is 5.40. The van der Waals surface area contributed by atoms with Gasteiger partial charge in [-0.25, -0.2) is 0 Å². The lowest BCUT2D eigenvalue weighted by atomic mass is 10.2. The number of aromatic nitrogens is 3. The zero-order valence-corrected chi connectivity index (χ0v) is 8.24. The van der Waals surface area contributed by atoms with E-state index in [-0.39, 0.29) is 0 Å². The molecule has 0 spiro atoms. The average Bonchev–Trinajstić information content (AvgIpc) is 2.54. The summed E-state index contributed by atoms with van der Waals surface area (Å²) in [5.41, 5.74) is 6.49.